The normalized spacial score (nSPS) is 17.8. The zero-order valence-electron chi connectivity index (χ0n) is 19.2. The molecule has 9 nitrogen and oxygen atoms in total. The second kappa shape index (κ2) is 10.7. The average molecular weight is 475 g/mol. The molecule has 4 amide bonds. The van der Waals surface area contributed by atoms with Crippen molar-refractivity contribution in [1.29, 1.82) is 0 Å². The zero-order valence-corrected chi connectivity index (χ0v) is 20.0. The molecule has 1 aromatic rings. The molecule has 10 heteroatoms. The summed E-state index contributed by atoms with van der Waals surface area (Å²) in [5, 5.41) is 4.58. The van der Waals surface area contributed by atoms with E-state index in [1.165, 1.54) is 0 Å². The fourth-order valence-corrected chi connectivity index (χ4v) is 4.23. The van der Waals surface area contributed by atoms with Gasteiger partial charge in [-0.1, -0.05) is 18.2 Å². The van der Waals surface area contributed by atoms with Gasteiger partial charge in [0.2, 0.25) is 5.91 Å². The molecule has 2 saturated heterocycles. The number of ether oxygens (including phenoxy) is 1. The molecule has 33 heavy (non-hydrogen) atoms. The molecule has 0 aromatic heterocycles. The van der Waals surface area contributed by atoms with Crippen LogP contribution in [0.2, 0.25) is 0 Å². The fraction of sp³-hybridized carbons (Fsp3) is 0.478. The molecule has 2 heterocycles. The summed E-state index contributed by atoms with van der Waals surface area (Å²) in [5.74, 6) is -0.315. The van der Waals surface area contributed by atoms with E-state index in [0.29, 0.717) is 50.5 Å². The highest BCUT2D eigenvalue weighted by atomic mass is 32.2. The molecule has 1 aromatic carbocycles. The van der Waals surface area contributed by atoms with Gasteiger partial charge >= 0.3 is 6.09 Å². The van der Waals surface area contributed by atoms with Gasteiger partial charge in [-0.3, -0.25) is 19.7 Å². The zero-order chi connectivity index (χ0) is 24.0. The maximum atomic E-state index is 12.6. The monoisotopic (exact) mass is 474 g/mol. The van der Waals surface area contributed by atoms with Gasteiger partial charge in [-0.2, -0.15) is 0 Å². The number of alkyl carbamates (subject to hydrolysis) is 1. The van der Waals surface area contributed by atoms with Crippen LogP contribution in [0.3, 0.4) is 0 Å². The van der Waals surface area contributed by atoms with Gasteiger partial charge in [-0.25, -0.2) is 4.79 Å². The number of piperazine rings is 1. The molecule has 0 saturated carbocycles. The highest BCUT2D eigenvalue weighted by Crippen LogP contribution is 2.30. The number of anilines is 1. The van der Waals surface area contributed by atoms with E-state index in [1.807, 2.05) is 29.2 Å². The van der Waals surface area contributed by atoms with Crippen LogP contribution in [0.5, 0.6) is 0 Å². The van der Waals surface area contributed by atoms with Gasteiger partial charge in [0.25, 0.3) is 11.1 Å². The van der Waals surface area contributed by atoms with Crippen molar-refractivity contribution < 1.29 is 23.9 Å². The molecule has 0 spiro atoms. The molecule has 2 fully saturated rings. The van der Waals surface area contributed by atoms with Crippen molar-refractivity contribution in [2.24, 2.45) is 0 Å². The number of rotatable bonds is 6. The predicted molar refractivity (Wildman–Crippen MR) is 128 cm³/mol. The number of carbonyl (C=O) groups excluding carboxylic acids is 4. The Bertz CT molecular complexity index is 948. The number of nitrogens with zero attached hydrogens (tertiary/aromatic N) is 2. The largest absolute Gasteiger partial charge is 0.444 e. The number of imide groups is 1. The van der Waals surface area contributed by atoms with Crippen molar-refractivity contribution in [1.82, 2.24) is 15.5 Å². The Labute approximate surface area is 197 Å². The molecule has 0 unspecified atom stereocenters. The second-order valence-electron chi connectivity index (χ2n) is 8.81. The van der Waals surface area contributed by atoms with E-state index < -0.39 is 11.7 Å². The first-order valence-corrected chi connectivity index (χ1v) is 11.8. The molecule has 2 N–H and O–H groups in total. The Hall–Kier alpha value is -3.01. The summed E-state index contributed by atoms with van der Waals surface area (Å²) in [4.78, 5) is 51.9. The molecule has 0 aliphatic carbocycles. The van der Waals surface area contributed by atoms with Gasteiger partial charge < -0.3 is 19.9 Å². The first-order valence-electron chi connectivity index (χ1n) is 11.0. The van der Waals surface area contributed by atoms with E-state index in [9.17, 15) is 19.2 Å². The van der Waals surface area contributed by atoms with Gasteiger partial charge in [-0.15, -0.1) is 0 Å². The predicted octanol–water partition coefficient (Wildman–Crippen LogP) is 2.96. The number of para-hydroxylation sites is 1. The van der Waals surface area contributed by atoms with Gasteiger partial charge in [0, 0.05) is 44.8 Å². The molecule has 0 bridgehead atoms. The van der Waals surface area contributed by atoms with Gasteiger partial charge in [0.1, 0.15) is 5.60 Å². The van der Waals surface area contributed by atoms with Crippen LogP contribution in [0.25, 0.3) is 6.08 Å². The molecular formula is C23H30N4O5S. The number of hydrogen-bond acceptors (Lipinski definition) is 7. The van der Waals surface area contributed by atoms with Crippen LogP contribution in [-0.4, -0.2) is 66.4 Å². The minimum absolute atomic E-state index is 0.0635. The summed E-state index contributed by atoms with van der Waals surface area (Å²) >= 11 is 0.898. The smallest absolute Gasteiger partial charge is 0.407 e. The number of hydrogen-bond donors (Lipinski definition) is 2. The molecule has 2 aliphatic rings. The summed E-state index contributed by atoms with van der Waals surface area (Å²) in [6, 6.07) is 7.71. The Morgan fingerprint density at radius 3 is 2.48 bits per heavy atom. The van der Waals surface area contributed by atoms with E-state index in [1.54, 1.807) is 26.8 Å². The Kier molecular flexibility index (Phi) is 8.01. The van der Waals surface area contributed by atoms with Crippen LogP contribution in [0, 0.1) is 0 Å². The summed E-state index contributed by atoms with van der Waals surface area (Å²) in [7, 11) is 0. The molecule has 0 radical (unpaired) electrons. The summed E-state index contributed by atoms with van der Waals surface area (Å²) in [6.45, 7) is 8.31. The van der Waals surface area contributed by atoms with Crippen LogP contribution >= 0.6 is 11.8 Å². The molecule has 2 aliphatic heterocycles. The molecule has 0 atom stereocenters. The third kappa shape index (κ3) is 7.24. The second-order valence-corrected chi connectivity index (χ2v) is 9.83. The first kappa shape index (κ1) is 24.6. The minimum atomic E-state index is -0.547. The van der Waals surface area contributed by atoms with Crippen LogP contribution in [0.4, 0.5) is 15.3 Å². The minimum Gasteiger partial charge on any atom is -0.444 e. The third-order valence-corrected chi connectivity index (χ3v) is 5.88. The highest BCUT2D eigenvalue weighted by molar-refractivity contribution is 8.18. The van der Waals surface area contributed by atoms with Crippen molar-refractivity contribution in [3.05, 3.63) is 34.7 Å². The Morgan fingerprint density at radius 2 is 1.85 bits per heavy atom. The van der Waals surface area contributed by atoms with Crippen molar-refractivity contribution in [2.75, 3.05) is 37.6 Å². The number of benzene rings is 1. The Balaban J connectivity index is 1.48. The first-order chi connectivity index (χ1) is 15.6. The van der Waals surface area contributed by atoms with Gasteiger partial charge in [0.05, 0.1) is 4.91 Å². The van der Waals surface area contributed by atoms with E-state index in [4.69, 9.17) is 4.74 Å². The lowest BCUT2D eigenvalue weighted by atomic mass is 10.1. The molecule has 3 rings (SSSR count). The number of carbonyl (C=O) groups is 4. The number of amides is 4. The van der Waals surface area contributed by atoms with E-state index >= 15 is 0 Å². The van der Waals surface area contributed by atoms with Crippen molar-refractivity contribution in [3.63, 3.8) is 0 Å². The van der Waals surface area contributed by atoms with Crippen LogP contribution in [0.15, 0.2) is 29.2 Å². The number of nitrogens with one attached hydrogen (secondary N) is 2. The molecular weight excluding hydrogens is 444 g/mol. The quantitative estimate of drug-likeness (QED) is 0.482. The lowest BCUT2D eigenvalue weighted by Crippen LogP contribution is -2.49. The summed E-state index contributed by atoms with van der Waals surface area (Å²) in [5.41, 5.74) is 1.28. The van der Waals surface area contributed by atoms with Crippen LogP contribution in [0.1, 0.15) is 39.2 Å². The SMILES string of the molecule is CC(C)(C)OC(=O)NCCCC(=O)N1CCN(c2ccccc2C=C2SC(=O)NC2=O)CC1. The summed E-state index contributed by atoms with van der Waals surface area (Å²) < 4.78 is 5.18. The van der Waals surface area contributed by atoms with Crippen molar-refractivity contribution in [2.45, 2.75) is 39.2 Å². The standard InChI is InChI=1S/C23H30N4O5S/c1-23(2,3)32-21(30)24-10-6-9-19(28)27-13-11-26(12-14-27)17-8-5-4-7-16(17)15-18-20(29)25-22(31)33-18/h4-5,7-8,15H,6,9-14H2,1-3H3,(H,24,30)(H,25,29,31). The van der Waals surface area contributed by atoms with E-state index in [-0.39, 0.29) is 17.1 Å². The average Bonchev–Trinajstić information content (AvgIpc) is 3.07. The lowest BCUT2D eigenvalue weighted by molar-refractivity contribution is -0.131. The van der Waals surface area contributed by atoms with Crippen LogP contribution in [-0.2, 0) is 14.3 Å². The third-order valence-electron chi connectivity index (χ3n) is 5.07. The topological polar surface area (TPSA) is 108 Å². The van der Waals surface area contributed by atoms with E-state index in [0.717, 1.165) is 23.0 Å². The lowest BCUT2D eigenvalue weighted by Gasteiger charge is -2.37. The van der Waals surface area contributed by atoms with E-state index in [2.05, 4.69) is 15.5 Å². The maximum Gasteiger partial charge on any atom is 0.407 e. The Morgan fingerprint density at radius 1 is 1.15 bits per heavy atom. The van der Waals surface area contributed by atoms with Crippen molar-refractivity contribution >= 4 is 46.7 Å². The number of thioether (sulfide) groups is 1. The van der Waals surface area contributed by atoms with Crippen LogP contribution < -0.4 is 15.5 Å². The van der Waals surface area contributed by atoms with Gasteiger partial charge in [-0.05, 0) is 56.7 Å². The summed E-state index contributed by atoms with van der Waals surface area (Å²) in [6.07, 6.45) is 2.16. The maximum absolute atomic E-state index is 12.6. The van der Waals surface area contributed by atoms with Crippen molar-refractivity contribution in [3.8, 4) is 0 Å². The highest BCUT2D eigenvalue weighted by Gasteiger charge is 2.26. The fourth-order valence-electron chi connectivity index (χ4n) is 3.56. The van der Waals surface area contributed by atoms with Gasteiger partial charge in [0.15, 0.2) is 0 Å². The molecule has 178 valence electrons.